The molecular formula is C27H22N2OS. The second kappa shape index (κ2) is 8.34. The minimum atomic E-state index is -0.749. The maximum absolute atomic E-state index is 10.9. The molecule has 3 nitrogen and oxygen atoms in total. The average Bonchev–Trinajstić information content (AvgIpc) is 3.55. The third kappa shape index (κ3) is 3.40. The SMILES string of the molecule is OC(c1cn(C(c2ccccc2)(c2ccccc2)c2ccccc2)cn1)c1cccs1. The number of hydrogen-bond acceptors (Lipinski definition) is 3. The molecule has 5 rings (SSSR count). The lowest BCUT2D eigenvalue weighted by atomic mass is 9.77. The normalized spacial score (nSPS) is 12.5. The highest BCUT2D eigenvalue weighted by Gasteiger charge is 2.38. The Morgan fingerprint density at radius 2 is 1.23 bits per heavy atom. The van der Waals surface area contributed by atoms with Crippen LogP contribution in [0.4, 0.5) is 0 Å². The van der Waals surface area contributed by atoms with Gasteiger partial charge in [0, 0.05) is 11.1 Å². The molecule has 0 spiro atoms. The number of aromatic nitrogens is 2. The van der Waals surface area contributed by atoms with E-state index in [2.05, 4.69) is 82.3 Å². The molecular weight excluding hydrogens is 400 g/mol. The fourth-order valence-corrected chi connectivity index (χ4v) is 4.96. The Kier molecular flexibility index (Phi) is 5.24. The Morgan fingerprint density at radius 1 is 0.710 bits per heavy atom. The van der Waals surface area contributed by atoms with Crippen LogP contribution in [-0.2, 0) is 5.54 Å². The third-order valence-corrected chi connectivity index (χ3v) is 6.58. The molecule has 0 amide bonds. The van der Waals surface area contributed by atoms with E-state index < -0.39 is 11.6 Å². The number of nitrogens with zero attached hydrogens (tertiary/aromatic N) is 2. The Morgan fingerprint density at radius 3 is 1.68 bits per heavy atom. The molecule has 2 aromatic heterocycles. The van der Waals surface area contributed by atoms with Crippen LogP contribution in [0, 0.1) is 0 Å². The summed E-state index contributed by atoms with van der Waals surface area (Å²) in [6.07, 6.45) is 3.05. The van der Waals surface area contributed by atoms with Crippen LogP contribution in [0.5, 0.6) is 0 Å². The van der Waals surface area contributed by atoms with Gasteiger partial charge in [-0.05, 0) is 28.1 Å². The highest BCUT2D eigenvalue weighted by Crippen LogP contribution is 2.41. The van der Waals surface area contributed by atoms with Crippen molar-refractivity contribution >= 4 is 11.3 Å². The van der Waals surface area contributed by atoms with Gasteiger partial charge in [0.1, 0.15) is 11.6 Å². The van der Waals surface area contributed by atoms with Gasteiger partial charge in [-0.15, -0.1) is 11.3 Å². The van der Waals surface area contributed by atoms with Gasteiger partial charge in [-0.3, -0.25) is 0 Å². The zero-order chi connectivity index (χ0) is 21.1. The van der Waals surface area contributed by atoms with E-state index in [9.17, 15) is 5.11 Å². The molecule has 0 bridgehead atoms. The monoisotopic (exact) mass is 422 g/mol. The van der Waals surface area contributed by atoms with Gasteiger partial charge < -0.3 is 9.67 Å². The molecule has 1 N–H and O–H groups in total. The van der Waals surface area contributed by atoms with Crippen molar-refractivity contribution in [3.05, 3.63) is 148 Å². The molecule has 0 saturated heterocycles. The first-order valence-corrected chi connectivity index (χ1v) is 11.1. The maximum atomic E-state index is 10.9. The molecule has 1 atom stereocenters. The predicted molar refractivity (Wildman–Crippen MR) is 125 cm³/mol. The minimum absolute atomic E-state index is 0.621. The van der Waals surface area contributed by atoms with E-state index in [4.69, 9.17) is 0 Å². The van der Waals surface area contributed by atoms with Gasteiger partial charge >= 0.3 is 0 Å². The molecule has 0 radical (unpaired) electrons. The van der Waals surface area contributed by atoms with Gasteiger partial charge in [0.25, 0.3) is 0 Å². The summed E-state index contributed by atoms with van der Waals surface area (Å²) in [5, 5.41) is 12.9. The zero-order valence-corrected chi connectivity index (χ0v) is 17.7. The lowest BCUT2D eigenvalue weighted by molar-refractivity contribution is 0.219. The van der Waals surface area contributed by atoms with Crippen LogP contribution in [-0.4, -0.2) is 14.7 Å². The van der Waals surface area contributed by atoms with Crippen molar-refractivity contribution in [3.8, 4) is 0 Å². The molecule has 0 aliphatic carbocycles. The van der Waals surface area contributed by atoms with E-state index in [0.29, 0.717) is 5.69 Å². The van der Waals surface area contributed by atoms with Crippen LogP contribution in [0.1, 0.15) is 33.4 Å². The van der Waals surface area contributed by atoms with Gasteiger partial charge in [-0.2, -0.15) is 0 Å². The van der Waals surface area contributed by atoms with Crippen LogP contribution in [0.15, 0.2) is 121 Å². The summed E-state index contributed by atoms with van der Waals surface area (Å²) in [4.78, 5) is 5.52. The van der Waals surface area contributed by atoms with E-state index in [-0.39, 0.29) is 0 Å². The number of aliphatic hydroxyl groups excluding tert-OH is 1. The third-order valence-electron chi connectivity index (χ3n) is 5.66. The van der Waals surface area contributed by atoms with Crippen molar-refractivity contribution in [2.75, 3.05) is 0 Å². The van der Waals surface area contributed by atoms with E-state index in [0.717, 1.165) is 21.6 Å². The summed E-state index contributed by atoms with van der Waals surface area (Å²) in [6, 6.07) is 35.3. The van der Waals surface area contributed by atoms with E-state index in [1.54, 1.807) is 0 Å². The summed E-state index contributed by atoms with van der Waals surface area (Å²) < 4.78 is 2.12. The molecule has 152 valence electrons. The molecule has 4 heteroatoms. The Hall–Kier alpha value is -3.47. The molecule has 2 heterocycles. The molecule has 31 heavy (non-hydrogen) atoms. The molecule has 0 aliphatic heterocycles. The number of hydrogen-bond donors (Lipinski definition) is 1. The van der Waals surface area contributed by atoms with Gasteiger partial charge in [-0.1, -0.05) is 97.1 Å². The number of thiophene rings is 1. The van der Waals surface area contributed by atoms with Crippen LogP contribution in [0.2, 0.25) is 0 Å². The summed E-state index contributed by atoms with van der Waals surface area (Å²) in [6.45, 7) is 0. The van der Waals surface area contributed by atoms with Crippen LogP contribution in [0.25, 0.3) is 0 Å². The summed E-state index contributed by atoms with van der Waals surface area (Å²) in [7, 11) is 0. The number of benzene rings is 3. The number of rotatable bonds is 6. The number of aliphatic hydroxyl groups is 1. The van der Waals surface area contributed by atoms with Gasteiger partial charge in [0.15, 0.2) is 0 Å². The molecule has 3 aromatic carbocycles. The highest BCUT2D eigenvalue weighted by atomic mass is 32.1. The topological polar surface area (TPSA) is 38.0 Å². The summed E-state index contributed by atoms with van der Waals surface area (Å²) in [5.74, 6) is 0. The standard InChI is InChI=1S/C27H22N2OS/c30-26(25-17-10-18-31-25)24-19-29(20-28-24)27(21-11-4-1-5-12-21,22-13-6-2-7-14-22)23-15-8-3-9-16-23/h1-20,26,30H. The van der Waals surface area contributed by atoms with Crippen LogP contribution < -0.4 is 0 Å². The van der Waals surface area contributed by atoms with Gasteiger partial charge in [0.2, 0.25) is 0 Å². The lowest BCUT2D eigenvalue weighted by Gasteiger charge is -2.37. The fourth-order valence-electron chi connectivity index (χ4n) is 4.24. The van der Waals surface area contributed by atoms with Gasteiger partial charge in [0.05, 0.1) is 12.0 Å². The molecule has 0 aliphatic rings. The van der Waals surface area contributed by atoms with E-state index >= 15 is 0 Å². The van der Waals surface area contributed by atoms with Crippen molar-refractivity contribution in [3.63, 3.8) is 0 Å². The van der Waals surface area contributed by atoms with Crippen molar-refractivity contribution in [2.45, 2.75) is 11.6 Å². The van der Waals surface area contributed by atoms with Crippen LogP contribution in [0.3, 0.4) is 0 Å². The highest BCUT2D eigenvalue weighted by molar-refractivity contribution is 7.10. The second-order valence-corrected chi connectivity index (χ2v) is 8.41. The molecule has 1 unspecified atom stereocenters. The first-order valence-electron chi connectivity index (χ1n) is 10.2. The van der Waals surface area contributed by atoms with Crippen molar-refractivity contribution < 1.29 is 5.11 Å². The van der Waals surface area contributed by atoms with Gasteiger partial charge in [-0.25, -0.2) is 4.98 Å². The average molecular weight is 423 g/mol. The van der Waals surface area contributed by atoms with E-state index in [1.807, 2.05) is 48.2 Å². The Balaban J connectivity index is 1.77. The first kappa shape index (κ1) is 19.5. The van der Waals surface area contributed by atoms with Crippen molar-refractivity contribution in [1.29, 1.82) is 0 Å². The second-order valence-electron chi connectivity index (χ2n) is 7.43. The van der Waals surface area contributed by atoms with E-state index in [1.165, 1.54) is 11.3 Å². The fraction of sp³-hybridized carbons (Fsp3) is 0.0741. The molecule has 0 fully saturated rings. The smallest absolute Gasteiger partial charge is 0.132 e. The molecule has 5 aromatic rings. The lowest BCUT2D eigenvalue weighted by Crippen LogP contribution is -2.37. The predicted octanol–water partition coefficient (Wildman–Crippen LogP) is 5.87. The van der Waals surface area contributed by atoms with Crippen molar-refractivity contribution in [1.82, 2.24) is 9.55 Å². The largest absolute Gasteiger partial charge is 0.381 e. The minimum Gasteiger partial charge on any atom is -0.381 e. The number of imidazole rings is 1. The Bertz CT molecular complexity index is 1140. The summed E-state index contributed by atoms with van der Waals surface area (Å²) >= 11 is 1.53. The molecule has 0 saturated carbocycles. The Labute approximate surface area is 185 Å². The quantitative estimate of drug-likeness (QED) is 0.348. The van der Waals surface area contributed by atoms with Crippen molar-refractivity contribution in [2.24, 2.45) is 0 Å². The first-order chi connectivity index (χ1) is 15.3. The zero-order valence-electron chi connectivity index (χ0n) is 16.9. The maximum Gasteiger partial charge on any atom is 0.132 e. The van der Waals surface area contributed by atoms with Crippen LogP contribution >= 0.6 is 11.3 Å². The summed E-state index contributed by atoms with van der Waals surface area (Å²) in [5.41, 5.74) is 3.39.